The van der Waals surface area contributed by atoms with Crippen molar-refractivity contribution in [1.82, 2.24) is 5.32 Å². The Bertz CT molecular complexity index is 119. The number of hydrogen-bond donors (Lipinski definition) is 2. The third-order valence-electron chi connectivity index (χ3n) is 1.77. The summed E-state index contributed by atoms with van der Waals surface area (Å²) in [5, 5.41) is 13.0. The van der Waals surface area contributed by atoms with E-state index in [0.717, 1.165) is 24.8 Å². The van der Waals surface area contributed by atoms with Gasteiger partial charge in [0.2, 0.25) is 0 Å². The fourth-order valence-corrected chi connectivity index (χ4v) is 2.31. The van der Waals surface area contributed by atoms with E-state index in [0.29, 0.717) is 5.25 Å². The molecule has 2 atom stereocenters. The lowest BCUT2D eigenvalue weighted by molar-refractivity contribution is 0.201. The summed E-state index contributed by atoms with van der Waals surface area (Å²) in [6, 6.07) is 0. The SMILES string of the molecule is CC(C)CSC1CNCC1O. The lowest BCUT2D eigenvalue weighted by Gasteiger charge is -2.13. The van der Waals surface area contributed by atoms with Crippen LogP contribution >= 0.6 is 11.8 Å². The molecule has 3 heteroatoms. The van der Waals surface area contributed by atoms with Crippen molar-refractivity contribution < 1.29 is 5.11 Å². The van der Waals surface area contributed by atoms with Crippen LogP contribution in [0.25, 0.3) is 0 Å². The van der Waals surface area contributed by atoms with Crippen molar-refractivity contribution in [3.63, 3.8) is 0 Å². The van der Waals surface area contributed by atoms with Crippen molar-refractivity contribution in [2.45, 2.75) is 25.2 Å². The first-order chi connectivity index (χ1) is 5.20. The van der Waals surface area contributed by atoms with Crippen LogP contribution in [0.5, 0.6) is 0 Å². The van der Waals surface area contributed by atoms with Crippen LogP contribution in [-0.2, 0) is 0 Å². The minimum absolute atomic E-state index is 0.126. The molecule has 0 bridgehead atoms. The molecule has 2 nitrogen and oxygen atoms in total. The Morgan fingerprint density at radius 2 is 2.27 bits per heavy atom. The van der Waals surface area contributed by atoms with Crippen molar-refractivity contribution in [3.05, 3.63) is 0 Å². The van der Waals surface area contributed by atoms with Crippen LogP contribution < -0.4 is 5.32 Å². The Morgan fingerprint density at radius 3 is 2.73 bits per heavy atom. The summed E-state index contributed by atoms with van der Waals surface area (Å²) in [6.45, 7) is 6.16. The summed E-state index contributed by atoms with van der Waals surface area (Å²) in [7, 11) is 0. The molecule has 1 aliphatic rings. The van der Waals surface area contributed by atoms with E-state index in [1.54, 1.807) is 0 Å². The van der Waals surface area contributed by atoms with E-state index in [1.165, 1.54) is 0 Å². The molecule has 11 heavy (non-hydrogen) atoms. The van der Waals surface area contributed by atoms with Gasteiger partial charge in [0.1, 0.15) is 0 Å². The Hall–Kier alpha value is 0.270. The van der Waals surface area contributed by atoms with Gasteiger partial charge in [0.25, 0.3) is 0 Å². The van der Waals surface area contributed by atoms with Gasteiger partial charge in [0, 0.05) is 18.3 Å². The van der Waals surface area contributed by atoms with Crippen LogP contribution in [0.15, 0.2) is 0 Å². The summed E-state index contributed by atoms with van der Waals surface area (Å²) in [4.78, 5) is 0. The minimum atomic E-state index is -0.126. The van der Waals surface area contributed by atoms with Gasteiger partial charge in [-0.05, 0) is 11.7 Å². The fraction of sp³-hybridized carbons (Fsp3) is 1.00. The normalized spacial score (nSPS) is 31.6. The Labute approximate surface area is 72.8 Å². The van der Waals surface area contributed by atoms with Gasteiger partial charge in [-0.25, -0.2) is 0 Å². The Balaban J connectivity index is 2.15. The van der Waals surface area contributed by atoms with Crippen molar-refractivity contribution in [2.24, 2.45) is 5.92 Å². The van der Waals surface area contributed by atoms with Crippen molar-refractivity contribution in [2.75, 3.05) is 18.8 Å². The molecule has 0 aromatic heterocycles. The highest BCUT2D eigenvalue weighted by Crippen LogP contribution is 2.20. The summed E-state index contributed by atoms with van der Waals surface area (Å²) in [6.07, 6.45) is -0.126. The monoisotopic (exact) mass is 175 g/mol. The van der Waals surface area contributed by atoms with Gasteiger partial charge in [-0.1, -0.05) is 13.8 Å². The highest BCUT2D eigenvalue weighted by Gasteiger charge is 2.24. The topological polar surface area (TPSA) is 32.3 Å². The van der Waals surface area contributed by atoms with E-state index in [4.69, 9.17) is 0 Å². The molecular weight excluding hydrogens is 158 g/mol. The molecular formula is C8H17NOS. The maximum atomic E-state index is 9.42. The van der Waals surface area contributed by atoms with Crippen LogP contribution in [0.4, 0.5) is 0 Å². The minimum Gasteiger partial charge on any atom is -0.391 e. The molecule has 0 aromatic carbocycles. The molecule has 1 fully saturated rings. The predicted octanol–water partition coefficient (Wildman–Crippen LogP) is 0.708. The number of hydrogen-bond acceptors (Lipinski definition) is 3. The summed E-state index contributed by atoms with van der Waals surface area (Å²) < 4.78 is 0. The maximum absolute atomic E-state index is 9.42. The van der Waals surface area contributed by atoms with Gasteiger partial charge in [-0.2, -0.15) is 11.8 Å². The zero-order chi connectivity index (χ0) is 8.27. The van der Waals surface area contributed by atoms with E-state index >= 15 is 0 Å². The van der Waals surface area contributed by atoms with E-state index in [9.17, 15) is 5.11 Å². The number of aliphatic hydroxyl groups excluding tert-OH is 1. The molecule has 1 aliphatic heterocycles. The van der Waals surface area contributed by atoms with Gasteiger partial charge in [-0.15, -0.1) is 0 Å². The Morgan fingerprint density at radius 1 is 1.55 bits per heavy atom. The Kier molecular flexibility index (Phi) is 3.69. The standard InChI is InChI=1S/C8H17NOS/c1-6(2)5-11-8-4-9-3-7(8)10/h6-10H,3-5H2,1-2H3. The van der Waals surface area contributed by atoms with Crippen LogP contribution in [-0.4, -0.2) is 35.3 Å². The smallest absolute Gasteiger partial charge is 0.0795 e. The first-order valence-electron chi connectivity index (χ1n) is 4.20. The van der Waals surface area contributed by atoms with Gasteiger partial charge >= 0.3 is 0 Å². The molecule has 0 aliphatic carbocycles. The van der Waals surface area contributed by atoms with Crippen molar-refractivity contribution >= 4 is 11.8 Å². The van der Waals surface area contributed by atoms with Gasteiger partial charge in [0.15, 0.2) is 0 Å². The largest absolute Gasteiger partial charge is 0.391 e. The third kappa shape index (κ3) is 3.01. The average Bonchev–Trinajstić information content (AvgIpc) is 2.31. The first kappa shape index (κ1) is 9.36. The van der Waals surface area contributed by atoms with E-state index < -0.39 is 0 Å². The molecule has 0 radical (unpaired) electrons. The molecule has 1 saturated heterocycles. The van der Waals surface area contributed by atoms with E-state index in [1.807, 2.05) is 11.8 Å². The molecule has 1 heterocycles. The lowest BCUT2D eigenvalue weighted by Crippen LogP contribution is -2.21. The second-order valence-electron chi connectivity index (χ2n) is 3.49. The van der Waals surface area contributed by atoms with Gasteiger partial charge < -0.3 is 10.4 Å². The lowest BCUT2D eigenvalue weighted by atomic mass is 10.3. The highest BCUT2D eigenvalue weighted by atomic mass is 32.2. The van der Waals surface area contributed by atoms with E-state index in [-0.39, 0.29) is 6.10 Å². The molecule has 0 aromatic rings. The second kappa shape index (κ2) is 4.33. The number of aliphatic hydroxyl groups is 1. The summed E-state index contributed by atoms with van der Waals surface area (Å²) in [5.41, 5.74) is 0. The quantitative estimate of drug-likeness (QED) is 0.662. The zero-order valence-corrected chi connectivity index (χ0v) is 8.03. The molecule has 0 amide bonds. The van der Waals surface area contributed by atoms with E-state index in [2.05, 4.69) is 19.2 Å². The van der Waals surface area contributed by atoms with Crippen molar-refractivity contribution in [1.29, 1.82) is 0 Å². The molecule has 2 unspecified atom stereocenters. The number of thioether (sulfide) groups is 1. The molecule has 1 rings (SSSR count). The highest BCUT2D eigenvalue weighted by molar-refractivity contribution is 8.00. The zero-order valence-electron chi connectivity index (χ0n) is 7.21. The van der Waals surface area contributed by atoms with Crippen molar-refractivity contribution in [3.8, 4) is 0 Å². The summed E-state index contributed by atoms with van der Waals surface area (Å²) >= 11 is 1.89. The number of nitrogens with one attached hydrogen (secondary N) is 1. The molecule has 2 N–H and O–H groups in total. The fourth-order valence-electron chi connectivity index (χ4n) is 1.13. The second-order valence-corrected chi connectivity index (χ2v) is 4.76. The first-order valence-corrected chi connectivity index (χ1v) is 5.25. The number of rotatable bonds is 3. The molecule has 66 valence electrons. The van der Waals surface area contributed by atoms with Crippen LogP contribution in [0.2, 0.25) is 0 Å². The molecule has 0 saturated carbocycles. The maximum Gasteiger partial charge on any atom is 0.0795 e. The van der Waals surface area contributed by atoms with Crippen LogP contribution in [0.1, 0.15) is 13.8 Å². The predicted molar refractivity (Wildman–Crippen MR) is 50.0 cm³/mol. The average molecular weight is 175 g/mol. The molecule has 0 spiro atoms. The van der Waals surface area contributed by atoms with Crippen LogP contribution in [0.3, 0.4) is 0 Å². The summed E-state index contributed by atoms with van der Waals surface area (Å²) in [5.74, 6) is 1.89. The van der Waals surface area contributed by atoms with Gasteiger partial charge in [-0.3, -0.25) is 0 Å². The number of β-amino-alcohol motifs (C(OH)–C–C–N with tert-alkyl or cyclic N) is 1. The van der Waals surface area contributed by atoms with Gasteiger partial charge in [0.05, 0.1) is 6.10 Å². The van der Waals surface area contributed by atoms with Crippen LogP contribution in [0, 0.1) is 5.92 Å². The third-order valence-corrected chi connectivity index (χ3v) is 3.54.